The van der Waals surface area contributed by atoms with Crippen LogP contribution in [0.1, 0.15) is 31.7 Å². The molecule has 0 aromatic heterocycles. The lowest BCUT2D eigenvalue weighted by Gasteiger charge is -2.14. The number of carbonyl (C=O) groups is 1. The Labute approximate surface area is 108 Å². The Morgan fingerprint density at radius 2 is 2.06 bits per heavy atom. The van der Waals surface area contributed by atoms with Gasteiger partial charge in [-0.3, -0.25) is 10.0 Å². The monoisotopic (exact) mass is 251 g/mol. The van der Waals surface area contributed by atoms with Gasteiger partial charge in [-0.2, -0.15) is 0 Å². The molecule has 4 heteroatoms. The smallest absolute Gasteiger partial charge is 0.246 e. The lowest BCUT2D eigenvalue weighted by atomic mass is 9.93. The zero-order valence-corrected chi connectivity index (χ0v) is 11.0. The normalized spacial score (nSPS) is 11.9. The standard InChI is InChI=1S/C14H21NO3/c1-3-4-5-12(14(16)15-17)10-11-6-8-13(18-2)9-7-11/h6-9,12,17H,3-5,10H2,1-2H3,(H,15,16). The molecule has 18 heavy (non-hydrogen) atoms. The Balaban J connectivity index is 2.65. The molecule has 100 valence electrons. The van der Waals surface area contributed by atoms with Gasteiger partial charge >= 0.3 is 0 Å². The van der Waals surface area contributed by atoms with Crippen molar-refractivity contribution in [3.63, 3.8) is 0 Å². The van der Waals surface area contributed by atoms with E-state index < -0.39 is 0 Å². The highest BCUT2D eigenvalue weighted by Gasteiger charge is 2.17. The first-order valence-corrected chi connectivity index (χ1v) is 6.28. The summed E-state index contributed by atoms with van der Waals surface area (Å²) in [7, 11) is 1.62. The third-order valence-electron chi connectivity index (χ3n) is 3.03. The van der Waals surface area contributed by atoms with Gasteiger partial charge in [0.1, 0.15) is 5.75 Å². The fraction of sp³-hybridized carbons (Fsp3) is 0.500. The Morgan fingerprint density at radius 3 is 2.56 bits per heavy atom. The molecular weight excluding hydrogens is 230 g/mol. The molecule has 0 aliphatic carbocycles. The van der Waals surface area contributed by atoms with Crippen LogP contribution in [0.4, 0.5) is 0 Å². The largest absolute Gasteiger partial charge is 0.497 e. The number of hydrogen-bond acceptors (Lipinski definition) is 3. The van der Waals surface area contributed by atoms with Gasteiger partial charge in [-0.05, 0) is 30.5 Å². The van der Waals surface area contributed by atoms with Gasteiger partial charge in [0.15, 0.2) is 0 Å². The number of ether oxygens (including phenoxy) is 1. The van der Waals surface area contributed by atoms with Crippen LogP contribution in [-0.2, 0) is 11.2 Å². The van der Waals surface area contributed by atoms with E-state index in [-0.39, 0.29) is 11.8 Å². The third-order valence-corrected chi connectivity index (χ3v) is 3.03. The van der Waals surface area contributed by atoms with Crippen molar-refractivity contribution in [2.75, 3.05) is 7.11 Å². The summed E-state index contributed by atoms with van der Waals surface area (Å²) in [5.74, 6) is 0.318. The molecule has 0 saturated carbocycles. The second-order valence-electron chi connectivity index (χ2n) is 4.37. The molecule has 0 aliphatic heterocycles. The van der Waals surface area contributed by atoms with Crippen LogP contribution in [0.2, 0.25) is 0 Å². The van der Waals surface area contributed by atoms with Crippen LogP contribution in [0.5, 0.6) is 5.75 Å². The summed E-state index contributed by atoms with van der Waals surface area (Å²) in [6, 6.07) is 7.65. The summed E-state index contributed by atoms with van der Waals surface area (Å²) in [5.41, 5.74) is 2.82. The first kappa shape index (κ1) is 14.5. The lowest BCUT2D eigenvalue weighted by molar-refractivity contribution is -0.133. The van der Waals surface area contributed by atoms with E-state index in [2.05, 4.69) is 6.92 Å². The maximum Gasteiger partial charge on any atom is 0.246 e. The van der Waals surface area contributed by atoms with Crippen molar-refractivity contribution < 1.29 is 14.7 Å². The number of hydrogen-bond donors (Lipinski definition) is 2. The predicted octanol–water partition coefficient (Wildman–Crippen LogP) is 2.55. The van der Waals surface area contributed by atoms with Crippen LogP contribution in [0, 0.1) is 5.92 Å². The van der Waals surface area contributed by atoms with Gasteiger partial charge < -0.3 is 4.74 Å². The first-order chi connectivity index (χ1) is 8.71. The molecule has 1 unspecified atom stereocenters. The van der Waals surface area contributed by atoms with Crippen molar-refractivity contribution in [2.24, 2.45) is 5.92 Å². The summed E-state index contributed by atoms with van der Waals surface area (Å²) >= 11 is 0. The van der Waals surface area contributed by atoms with Crippen LogP contribution in [-0.4, -0.2) is 18.2 Å². The maximum atomic E-state index is 11.6. The number of nitrogens with one attached hydrogen (secondary N) is 1. The fourth-order valence-corrected chi connectivity index (χ4v) is 1.91. The number of amides is 1. The second-order valence-corrected chi connectivity index (χ2v) is 4.37. The van der Waals surface area contributed by atoms with Crippen molar-refractivity contribution >= 4 is 5.91 Å². The topological polar surface area (TPSA) is 58.6 Å². The van der Waals surface area contributed by atoms with E-state index in [1.165, 1.54) is 0 Å². The second kappa shape index (κ2) is 7.71. The molecule has 0 heterocycles. The molecule has 1 aromatic carbocycles. The van der Waals surface area contributed by atoms with Crippen molar-refractivity contribution in [2.45, 2.75) is 32.6 Å². The lowest BCUT2D eigenvalue weighted by Crippen LogP contribution is -2.29. The Bertz CT molecular complexity index is 362. The van der Waals surface area contributed by atoms with Crippen LogP contribution in [0.3, 0.4) is 0 Å². The average molecular weight is 251 g/mol. The third kappa shape index (κ3) is 4.37. The molecule has 0 bridgehead atoms. The first-order valence-electron chi connectivity index (χ1n) is 6.28. The Kier molecular flexibility index (Phi) is 6.22. The van der Waals surface area contributed by atoms with E-state index >= 15 is 0 Å². The molecule has 1 rings (SSSR count). The zero-order valence-electron chi connectivity index (χ0n) is 11.0. The Hall–Kier alpha value is -1.55. The molecule has 1 atom stereocenters. The Morgan fingerprint density at radius 1 is 1.39 bits per heavy atom. The fourth-order valence-electron chi connectivity index (χ4n) is 1.91. The summed E-state index contributed by atoms with van der Waals surface area (Å²) in [5, 5.41) is 8.75. The van der Waals surface area contributed by atoms with Gasteiger partial charge in [0.05, 0.1) is 7.11 Å². The van der Waals surface area contributed by atoms with Crippen LogP contribution in [0.25, 0.3) is 0 Å². The highest BCUT2D eigenvalue weighted by atomic mass is 16.5. The van der Waals surface area contributed by atoms with E-state index in [4.69, 9.17) is 9.94 Å². The minimum Gasteiger partial charge on any atom is -0.497 e. The summed E-state index contributed by atoms with van der Waals surface area (Å²) < 4.78 is 5.09. The predicted molar refractivity (Wildman–Crippen MR) is 69.6 cm³/mol. The average Bonchev–Trinajstić information content (AvgIpc) is 2.43. The van der Waals surface area contributed by atoms with Crippen LogP contribution >= 0.6 is 0 Å². The van der Waals surface area contributed by atoms with Gasteiger partial charge in [0.2, 0.25) is 5.91 Å². The van der Waals surface area contributed by atoms with Crippen LogP contribution < -0.4 is 10.2 Å². The van der Waals surface area contributed by atoms with Gasteiger partial charge in [-0.15, -0.1) is 0 Å². The summed E-state index contributed by atoms with van der Waals surface area (Å²) in [6.45, 7) is 2.08. The molecule has 4 nitrogen and oxygen atoms in total. The molecule has 0 fully saturated rings. The summed E-state index contributed by atoms with van der Waals surface area (Å²) in [6.07, 6.45) is 3.44. The molecule has 0 aliphatic rings. The van der Waals surface area contributed by atoms with Crippen molar-refractivity contribution in [3.8, 4) is 5.75 Å². The maximum absolute atomic E-state index is 11.6. The van der Waals surface area contributed by atoms with Gasteiger partial charge in [-0.1, -0.05) is 31.9 Å². The van der Waals surface area contributed by atoms with E-state index in [0.717, 1.165) is 30.6 Å². The molecule has 1 aromatic rings. The quantitative estimate of drug-likeness (QED) is 0.578. The van der Waals surface area contributed by atoms with Gasteiger partial charge in [-0.25, -0.2) is 5.48 Å². The molecule has 1 amide bonds. The molecule has 0 saturated heterocycles. The SMILES string of the molecule is CCCCC(Cc1ccc(OC)cc1)C(=O)NO. The van der Waals surface area contributed by atoms with E-state index in [9.17, 15) is 4.79 Å². The van der Waals surface area contributed by atoms with E-state index in [0.29, 0.717) is 6.42 Å². The summed E-state index contributed by atoms with van der Waals surface area (Å²) in [4.78, 5) is 11.6. The molecule has 0 radical (unpaired) electrons. The van der Waals surface area contributed by atoms with Crippen LogP contribution in [0.15, 0.2) is 24.3 Å². The van der Waals surface area contributed by atoms with Crippen molar-refractivity contribution in [3.05, 3.63) is 29.8 Å². The number of unbranched alkanes of at least 4 members (excludes halogenated alkanes) is 1. The highest BCUT2D eigenvalue weighted by molar-refractivity contribution is 5.77. The van der Waals surface area contributed by atoms with E-state index in [1.807, 2.05) is 24.3 Å². The number of rotatable bonds is 7. The van der Waals surface area contributed by atoms with Gasteiger partial charge in [0.25, 0.3) is 0 Å². The van der Waals surface area contributed by atoms with Crippen molar-refractivity contribution in [1.82, 2.24) is 5.48 Å². The number of methoxy groups -OCH3 is 1. The van der Waals surface area contributed by atoms with Crippen molar-refractivity contribution in [1.29, 1.82) is 0 Å². The molecule has 0 spiro atoms. The minimum atomic E-state index is -0.306. The zero-order chi connectivity index (χ0) is 13.4. The number of carbonyl (C=O) groups excluding carboxylic acids is 1. The van der Waals surface area contributed by atoms with Gasteiger partial charge in [0, 0.05) is 5.92 Å². The minimum absolute atomic E-state index is 0.177. The molecular formula is C14H21NO3. The number of hydroxylamine groups is 1. The number of benzene rings is 1. The molecule has 2 N–H and O–H groups in total. The van der Waals surface area contributed by atoms with E-state index in [1.54, 1.807) is 12.6 Å². The highest BCUT2D eigenvalue weighted by Crippen LogP contribution is 2.18.